The van der Waals surface area contributed by atoms with E-state index in [0.29, 0.717) is 10.0 Å². The van der Waals surface area contributed by atoms with Gasteiger partial charge in [0.25, 0.3) is 15.9 Å². The Morgan fingerprint density at radius 3 is 2.35 bits per heavy atom. The first-order valence-electron chi connectivity index (χ1n) is 9.11. The Bertz CT molecular complexity index is 1210. The van der Waals surface area contributed by atoms with E-state index in [1.165, 1.54) is 31.2 Å². The molecule has 0 saturated heterocycles. The van der Waals surface area contributed by atoms with Crippen LogP contribution in [0.2, 0.25) is 4.34 Å². The molecule has 0 aliphatic rings. The van der Waals surface area contributed by atoms with Crippen molar-refractivity contribution in [3.05, 3.63) is 76.1 Å². The molecular weight excluding hydrogens is 460 g/mol. The average Bonchev–Trinajstić information content (AvgIpc) is 3.17. The largest absolute Gasteiger partial charge is 0.449 e. The number of aryl methyl sites for hydroxylation is 1. The molecule has 2 aromatic carbocycles. The minimum Gasteiger partial charge on any atom is -0.449 e. The topological polar surface area (TPSA) is 102 Å². The number of ether oxygens (including phenoxy) is 1. The van der Waals surface area contributed by atoms with Gasteiger partial charge >= 0.3 is 5.97 Å². The van der Waals surface area contributed by atoms with Gasteiger partial charge < -0.3 is 10.1 Å². The second kappa shape index (κ2) is 9.51. The summed E-state index contributed by atoms with van der Waals surface area (Å²) in [5.74, 6) is -1.35. The van der Waals surface area contributed by atoms with Crippen molar-refractivity contribution in [3.63, 3.8) is 0 Å². The van der Waals surface area contributed by atoms with Gasteiger partial charge in [0.2, 0.25) is 0 Å². The number of thiophene rings is 1. The molecule has 7 nitrogen and oxygen atoms in total. The molecule has 1 unspecified atom stereocenters. The molecule has 1 atom stereocenters. The summed E-state index contributed by atoms with van der Waals surface area (Å²) in [7, 11) is -3.94. The summed E-state index contributed by atoms with van der Waals surface area (Å²) in [6.07, 6.45) is -1.10. The van der Waals surface area contributed by atoms with Crippen LogP contribution in [0.4, 0.5) is 11.4 Å². The van der Waals surface area contributed by atoms with Crippen LogP contribution in [0.1, 0.15) is 22.8 Å². The van der Waals surface area contributed by atoms with E-state index in [1.54, 1.807) is 24.3 Å². The number of nitrogens with one attached hydrogen (secondary N) is 2. The van der Waals surface area contributed by atoms with Gasteiger partial charge in [-0.2, -0.15) is 0 Å². The summed E-state index contributed by atoms with van der Waals surface area (Å²) in [6, 6.07) is 16.0. The molecule has 2 N–H and O–H groups in total. The van der Waals surface area contributed by atoms with Crippen molar-refractivity contribution < 1.29 is 22.7 Å². The number of carbonyl (C=O) groups excluding carboxylic acids is 2. The van der Waals surface area contributed by atoms with Gasteiger partial charge in [-0.05, 0) is 50.2 Å². The molecule has 162 valence electrons. The summed E-state index contributed by atoms with van der Waals surface area (Å²) >= 11 is 6.71. The van der Waals surface area contributed by atoms with Gasteiger partial charge in [0, 0.05) is 5.69 Å². The van der Waals surface area contributed by atoms with Gasteiger partial charge in [-0.3, -0.25) is 9.52 Å². The molecular formula is C21H19ClN2O5S2. The van der Waals surface area contributed by atoms with Gasteiger partial charge in [-0.15, -0.1) is 11.3 Å². The van der Waals surface area contributed by atoms with Crippen molar-refractivity contribution in [2.75, 3.05) is 10.0 Å². The number of hydrogen-bond acceptors (Lipinski definition) is 6. The molecule has 0 radical (unpaired) electrons. The number of sulfonamides is 1. The Hall–Kier alpha value is -2.88. The fraction of sp³-hybridized carbons (Fsp3) is 0.143. The highest BCUT2D eigenvalue weighted by Crippen LogP contribution is 2.28. The number of amides is 1. The maximum Gasteiger partial charge on any atom is 0.341 e. The lowest BCUT2D eigenvalue weighted by Crippen LogP contribution is -2.30. The highest BCUT2D eigenvalue weighted by Gasteiger charge is 2.24. The van der Waals surface area contributed by atoms with Gasteiger partial charge in [0.1, 0.15) is 4.21 Å². The predicted octanol–water partition coefficient (Wildman–Crippen LogP) is 4.69. The van der Waals surface area contributed by atoms with Crippen LogP contribution in [0.5, 0.6) is 0 Å². The van der Waals surface area contributed by atoms with E-state index in [-0.39, 0.29) is 15.5 Å². The first-order valence-corrected chi connectivity index (χ1v) is 11.8. The van der Waals surface area contributed by atoms with E-state index < -0.39 is 28.0 Å². The van der Waals surface area contributed by atoms with E-state index in [0.717, 1.165) is 16.9 Å². The molecule has 0 fully saturated rings. The molecule has 10 heteroatoms. The van der Waals surface area contributed by atoms with Crippen molar-refractivity contribution in [2.24, 2.45) is 0 Å². The third kappa shape index (κ3) is 5.84. The van der Waals surface area contributed by atoms with Crippen LogP contribution in [-0.4, -0.2) is 26.4 Å². The maximum absolute atomic E-state index is 12.6. The van der Waals surface area contributed by atoms with E-state index in [4.69, 9.17) is 16.3 Å². The predicted molar refractivity (Wildman–Crippen MR) is 121 cm³/mol. The van der Waals surface area contributed by atoms with Crippen LogP contribution in [0.3, 0.4) is 0 Å². The zero-order chi connectivity index (χ0) is 22.6. The third-order valence-electron chi connectivity index (χ3n) is 4.18. The van der Waals surface area contributed by atoms with E-state index in [9.17, 15) is 18.0 Å². The number of esters is 1. The van der Waals surface area contributed by atoms with E-state index in [1.807, 2.05) is 19.1 Å². The van der Waals surface area contributed by atoms with Gasteiger partial charge in [-0.25, -0.2) is 13.2 Å². The zero-order valence-electron chi connectivity index (χ0n) is 16.6. The monoisotopic (exact) mass is 478 g/mol. The lowest BCUT2D eigenvalue weighted by Gasteiger charge is -2.15. The first kappa shape index (κ1) is 22.8. The van der Waals surface area contributed by atoms with Crippen molar-refractivity contribution in [2.45, 2.75) is 24.2 Å². The SMILES string of the molecule is Cc1ccc(NC(=O)C(C)OC(=O)c2ccccc2NS(=O)(=O)c2ccc(Cl)s2)cc1. The second-order valence-electron chi connectivity index (χ2n) is 6.61. The Morgan fingerprint density at radius 1 is 1.03 bits per heavy atom. The number of carbonyl (C=O) groups is 2. The number of benzene rings is 2. The lowest BCUT2D eigenvalue weighted by atomic mass is 10.2. The van der Waals surface area contributed by atoms with Crippen molar-refractivity contribution >= 4 is 56.2 Å². The first-order chi connectivity index (χ1) is 14.7. The molecule has 0 saturated carbocycles. The molecule has 0 bridgehead atoms. The quantitative estimate of drug-likeness (QED) is 0.479. The highest BCUT2D eigenvalue weighted by atomic mass is 35.5. The van der Waals surface area contributed by atoms with E-state index in [2.05, 4.69) is 10.0 Å². The van der Waals surface area contributed by atoms with Gasteiger partial charge in [-0.1, -0.05) is 41.4 Å². The molecule has 3 rings (SSSR count). The molecule has 1 amide bonds. The molecule has 0 aliphatic carbocycles. The Morgan fingerprint density at radius 2 is 1.71 bits per heavy atom. The Balaban J connectivity index is 1.72. The average molecular weight is 479 g/mol. The highest BCUT2D eigenvalue weighted by molar-refractivity contribution is 7.94. The second-order valence-corrected chi connectivity index (χ2v) is 10.2. The van der Waals surface area contributed by atoms with Gasteiger partial charge in [0.05, 0.1) is 15.6 Å². The van der Waals surface area contributed by atoms with Crippen LogP contribution < -0.4 is 10.0 Å². The minimum absolute atomic E-state index is 0.00603. The van der Waals surface area contributed by atoms with Crippen LogP contribution in [-0.2, 0) is 19.6 Å². The standard InChI is InChI=1S/C21H19ClN2O5S2/c1-13-7-9-15(10-8-13)23-20(25)14(2)29-21(26)16-5-3-4-6-17(16)24-31(27,28)19-12-11-18(22)30-19/h3-12,14,24H,1-2H3,(H,23,25). The normalized spacial score (nSPS) is 12.1. The fourth-order valence-electron chi connectivity index (χ4n) is 2.55. The molecule has 0 aliphatic heterocycles. The third-order valence-corrected chi connectivity index (χ3v) is 7.27. The molecule has 31 heavy (non-hydrogen) atoms. The lowest BCUT2D eigenvalue weighted by molar-refractivity contribution is -0.123. The Kier molecular flexibility index (Phi) is 6.99. The van der Waals surface area contributed by atoms with E-state index >= 15 is 0 Å². The summed E-state index contributed by atoms with van der Waals surface area (Å²) in [5.41, 5.74) is 1.62. The summed E-state index contributed by atoms with van der Waals surface area (Å²) in [6.45, 7) is 3.36. The molecule has 1 aromatic heterocycles. The Labute approximate surface area is 189 Å². The van der Waals surface area contributed by atoms with Crippen molar-refractivity contribution in [1.29, 1.82) is 0 Å². The van der Waals surface area contributed by atoms with Crippen molar-refractivity contribution in [1.82, 2.24) is 0 Å². The fourth-order valence-corrected chi connectivity index (χ4v) is 5.11. The van der Waals surface area contributed by atoms with Crippen LogP contribution >= 0.6 is 22.9 Å². The molecule has 3 aromatic rings. The van der Waals surface area contributed by atoms with Crippen LogP contribution in [0.25, 0.3) is 0 Å². The number of anilines is 2. The number of hydrogen-bond donors (Lipinski definition) is 2. The van der Waals surface area contributed by atoms with Crippen molar-refractivity contribution in [3.8, 4) is 0 Å². The number of halogens is 1. The summed E-state index contributed by atoms with van der Waals surface area (Å²) in [4.78, 5) is 25.0. The number of para-hydroxylation sites is 1. The number of rotatable bonds is 7. The zero-order valence-corrected chi connectivity index (χ0v) is 19.0. The molecule has 0 spiro atoms. The maximum atomic E-state index is 12.6. The van der Waals surface area contributed by atoms with Crippen LogP contribution in [0.15, 0.2) is 64.9 Å². The summed E-state index contributed by atoms with van der Waals surface area (Å²) in [5, 5.41) is 2.66. The summed E-state index contributed by atoms with van der Waals surface area (Å²) < 4.78 is 33.1. The minimum atomic E-state index is -3.94. The smallest absolute Gasteiger partial charge is 0.341 e. The van der Waals surface area contributed by atoms with Crippen LogP contribution in [0, 0.1) is 6.92 Å². The molecule has 1 heterocycles. The van der Waals surface area contributed by atoms with Gasteiger partial charge in [0.15, 0.2) is 6.10 Å².